The number of aromatic nitrogens is 1. The van der Waals surface area contributed by atoms with Gasteiger partial charge in [0.1, 0.15) is 30.1 Å². The van der Waals surface area contributed by atoms with Crippen LogP contribution in [0.3, 0.4) is 0 Å². The van der Waals surface area contributed by atoms with Gasteiger partial charge in [-0.1, -0.05) is 23.2 Å². The fourth-order valence-electron chi connectivity index (χ4n) is 2.13. The number of halogens is 2. The van der Waals surface area contributed by atoms with E-state index in [0.717, 1.165) is 10.6 Å². The zero-order valence-corrected chi connectivity index (χ0v) is 15.1. The van der Waals surface area contributed by atoms with E-state index in [1.165, 1.54) is 19.4 Å². The van der Waals surface area contributed by atoms with Crippen molar-refractivity contribution in [2.75, 3.05) is 13.7 Å². The molecule has 0 saturated heterocycles. The third kappa shape index (κ3) is 4.76. The highest BCUT2D eigenvalue weighted by atomic mass is 35.5. The van der Waals surface area contributed by atoms with Gasteiger partial charge in [0.05, 0.1) is 24.2 Å². The molecular formula is C17H14Cl2N2O5. The first-order valence-corrected chi connectivity index (χ1v) is 8.10. The molecule has 0 spiro atoms. The van der Waals surface area contributed by atoms with Gasteiger partial charge in [-0.2, -0.15) is 5.26 Å². The number of pyridine rings is 1. The van der Waals surface area contributed by atoms with Gasteiger partial charge in [-0.15, -0.1) is 0 Å². The molecule has 26 heavy (non-hydrogen) atoms. The number of esters is 1. The summed E-state index contributed by atoms with van der Waals surface area (Å²) in [5, 5.41) is 19.9. The van der Waals surface area contributed by atoms with Crippen LogP contribution in [0, 0.1) is 11.3 Å². The van der Waals surface area contributed by atoms with Crippen LogP contribution < -0.4 is 10.3 Å². The van der Waals surface area contributed by atoms with Gasteiger partial charge in [-0.25, -0.2) is 4.79 Å². The molecule has 0 aliphatic rings. The first kappa shape index (κ1) is 19.8. The van der Waals surface area contributed by atoms with Crippen molar-refractivity contribution in [1.29, 1.82) is 5.26 Å². The van der Waals surface area contributed by atoms with E-state index in [0.29, 0.717) is 10.0 Å². The van der Waals surface area contributed by atoms with E-state index < -0.39 is 17.6 Å². The molecule has 0 radical (unpaired) electrons. The van der Waals surface area contributed by atoms with E-state index >= 15 is 0 Å². The van der Waals surface area contributed by atoms with Crippen molar-refractivity contribution in [3.63, 3.8) is 0 Å². The molecule has 2 rings (SSSR count). The minimum Gasteiger partial charge on any atom is -0.489 e. The number of hydrogen-bond donors (Lipinski definition) is 1. The molecule has 7 nitrogen and oxygen atoms in total. The Morgan fingerprint density at radius 2 is 2.12 bits per heavy atom. The molecule has 0 bridgehead atoms. The molecular weight excluding hydrogens is 383 g/mol. The number of benzene rings is 1. The Hall–Kier alpha value is -2.53. The Labute approximate surface area is 158 Å². The Bertz CT molecular complexity index is 920. The van der Waals surface area contributed by atoms with Crippen LogP contribution >= 0.6 is 23.2 Å². The number of aliphatic hydroxyl groups excluding tert-OH is 1. The maximum atomic E-state index is 12.2. The molecule has 0 aliphatic carbocycles. The highest BCUT2D eigenvalue weighted by Gasteiger charge is 2.15. The number of ether oxygens (including phenoxy) is 2. The van der Waals surface area contributed by atoms with Gasteiger partial charge in [0.2, 0.25) is 0 Å². The van der Waals surface area contributed by atoms with Crippen LogP contribution in [-0.2, 0) is 11.3 Å². The lowest BCUT2D eigenvalue weighted by Gasteiger charge is -2.15. The van der Waals surface area contributed by atoms with Crippen molar-refractivity contribution >= 4 is 29.2 Å². The van der Waals surface area contributed by atoms with Crippen LogP contribution in [0.1, 0.15) is 15.9 Å². The van der Waals surface area contributed by atoms with E-state index in [4.69, 9.17) is 33.2 Å². The van der Waals surface area contributed by atoms with E-state index in [-0.39, 0.29) is 30.0 Å². The van der Waals surface area contributed by atoms with E-state index in [9.17, 15) is 14.7 Å². The van der Waals surface area contributed by atoms with Crippen molar-refractivity contribution < 1.29 is 19.4 Å². The molecule has 1 atom stereocenters. The topological polar surface area (TPSA) is 102 Å². The van der Waals surface area contributed by atoms with E-state index in [2.05, 4.69) is 4.74 Å². The van der Waals surface area contributed by atoms with Crippen molar-refractivity contribution in [3.05, 3.63) is 62.0 Å². The molecule has 1 heterocycles. The maximum Gasteiger partial charge on any atom is 0.339 e. The summed E-state index contributed by atoms with van der Waals surface area (Å²) in [5.74, 6) is -0.418. The number of rotatable bonds is 6. The number of carbonyl (C=O) groups excluding carboxylic acids is 1. The number of aliphatic hydroxyl groups is 1. The van der Waals surface area contributed by atoms with Crippen LogP contribution in [0.25, 0.3) is 0 Å². The summed E-state index contributed by atoms with van der Waals surface area (Å²) in [7, 11) is 1.18. The van der Waals surface area contributed by atoms with Crippen molar-refractivity contribution in [2.24, 2.45) is 0 Å². The molecule has 0 fully saturated rings. The Morgan fingerprint density at radius 3 is 2.77 bits per heavy atom. The Morgan fingerprint density at radius 1 is 1.38 bits per heavy atom. The first-order chi connectivity index (χ1) is 12.3. The van der Waals surface area contributed by atoms with Crippen molar-refractivity contribution in [2.45, 2.75) is 12.6 Å². The average Bonchev–Trinajstić information content (AvgIpc) is 2.63. The van der Waals surface area contributed by atoms with Crippen LogP contribution in [0.15, 0.2) is 35.3 Å². The lowest BCUT2D eigenvalue weighted by atomic mass is 10.2. The second kappa shape index (κ2) is 8.72. The number of nitrogens with zero attached hydrogens (tertiary/aromatic N) is 2. The zero-order valence-electron chi connectivity index (χ0n) is 13.6. The lowest BCUT2D eigenvalue weighted by Crippen LogP contribution is -2.32. The third-order valence-electron chi connectivity index (χ3n) is 3.36. The fourth-order valence-corrected chi connectivity index (χ4v) is 2.47. The normalized spacial score (nSPS) is 11.5. The lowest BCUT2D eigenvalue weighted by molar-refractivity contribution is 0.0597. The smallest absolute Gasteiger partial charge is 0.339 e. The SMILES string of the molecule is COC(=O)c1cc(C#N)c(=O)n(CC(O)COc2cc(Cl)ccc2Cl)c1. The monoisotopic (exact) mass is 396 g/mol. The van der Waals surface area contributed by atoms with E-state index in [1.54, 1.807) is 18.2 Å². The summed E-state index contributed by atoms with van der Waals surface area (Å²) in [6, 6.07) is 7.49. The average molecular weight is 397 g/mol. The van der Waals surface area contributed by atoms with Gasteiger partial charge in [0.25, 0.3) is 5.56 Å². The van der Waals surface area contributed by atoms with Crippen LogP contribution in [0.4, 0.5) is 0 Å². The summed E-state index contributed by atoms with van der Waals surface area (Å²) in [6.07, 6.45) is 0.104. The van der Waals surface area contributed by atoms with Gasteiger partial charge in [-0.3, -0.25) is 4.79 Å². The number of hydrogen-bond acceptors (Lipinski definition) is 6. The van der Waals surface area contributed by atoms with Crippen LogP contribution in [0.2, 0.25) is 10.0 Å². The maximum absolute atomic E-state index is 12.2. The third-order valence-corrected chi connectivity index (χ3v) is 3.91. The molecule has 1 aromatic heterocycles. The van der Waals surface area contributed by atoms with E-state index in [1.807, 2.05) is 0 Å². The molecule has 136 valence electrons. The largest absolute Gasteiger partial charge is 0.489 e. The Kier molecular flexibility index (Phi) is 6.64. The molecule has 1 N–H and O–H groups in total. The minimum absolute atomic E-state index is 0.0228. The molecule has 9 heteroatoms. The fraction of sp³-hybridized carbons (Fsp3) is 0.235. The standard InChI is InChI=1S/C17H14Cl2N2O5/c1-25-17(24)11-4-10(6-20)16(23)21(7-11)8-13(22)9-26-15-5-12(18)2-3-14(15)19/h2-5,7,13,22H,8-9H2,1H3. The quantitative estimate of drug-likeness (QED) is 0.751. The summed E-state index contributed by atoms with van der Waals surface area (Å²) in [6.45, 7) is -0.382. The molecule has 0 aliphatic heterocycles. The van der Waals surface area contributed by atoms with Crippen molar-refractivity contribution in [1.82, 2.24) is 4.57 Å². The second-order valence-electron chi connectivity index (χ2n) is 5.24. The molecule has 1 unspecified atom stereocenters. The predicted molar refractivity (Wildman–Crippen MR) is 94.7 cm³/mol. The van der Waals surface area contributed by atoms with Crippen molar-refractivity contribution in [3.8, 4) is 11.8 Å². The van der Waals surface area contributed by atoms with Gasteiger partial charge in [0.15, 0.2) is 0 Å². The second-order valence-corrected chi connectivity index (χ2v) is 6.09. The molecule has 0 saturated carbocycles. The minimum atomic E-state index is -1.11. The first-order valence-electron chi connectivity index (χ1n) is 7.34. The summed E-state index contributed by atoms with van der Waals surface area (Å²) >= 11 is 11.8. The Balaban J connectivity index is 2.16. The van der Waals surface area contributed by atoms with Gasteiger partial charge in [0, 0.05) is 17.3 Å². The predicted octanol–water partition coefficient (Wildman–Crippen LogP) is 2.25. The van der Waals surface area contributed by atoms with Crippen LogP contribution in [0.5, 0.6) is 5.75 Å². The molecule has 2 aromatic rings. The van der Waals surface area contributed by atoms with Crippen LogP contribution in [-0.4, -0.2) is 35.5 Å². The number of methoxy groups -OCH3 is 1. The highest BCUT2D eigenvalue weighted by molar-refractivity contribution is 6.34. The highest BCUT2D eigenvalue weighted by Crippen LogP contribution is 2.27. The molecule has 0 amide bonds. The summed E-state index contributed by atoms with van der Waals surface area (Å²) in [4.78, 5) is 23.8. The summed E-state index contributed by atoms with van der Waals surface area (Å²) < 4.78 is 11.0. The number of nitriles is 1. The zero-order chi connectivity index (χ0) is 19.3. The number of carbonyl (C=O) groups is 1. The summed E-state index contributed by atoms with van der Waals surface area (Å²) in [5.41, 5.74) is -0.853. The molecule has 1 aromatic carbocycles. The van der Waals surface area contributed by atoms with Gasteiger partial charge < -0.3 is 19.1 Å². The van der Waals surface area contributed by atoms with Gasteiger partial charge in [-0.05, 0) is 18.2 Å². The van der Waals surface area contributed by atoms with Gasteiger partial charge >= 0.3 is 5.97 Å².